The molecule has 1 rings (SSSR count). The van der Waals surface area contributed by atoms with Crippen LogP contribution in [0.15, 0.2) is 12.1 Å². The van der Waals surface area contributed by atoms with Crippen molar-refractivity contribution in [2.24, 2.45) is 0 Å². The summed E-state index contributed by atoms with van der Waals surface area (Å²) in [6.45, 7) is 5.57. The zero-order valence-corrected chi connectivity index (χ0v) is 9.43. The lowest BCUT2D eigenvalue weighted by Gasteiger charge is -2.20. The van der Waals surface area contributed by atoms with Crippen molar-refractivity contribution in [2.45, 2.75) is 26.2 Å². The third kappa shape index (κ3) is 2.45. The van der Waals surface area contributed by atoms with Gasteiger partial charge in [-0.25, -0.2) is 0 Å². The van der Waals surface area contributed by atoms with Gasteiger partial charge in [-0.3, -0.25) is 10.1 Å². The second-order valence-electron chi connectivity index (χ2n) is 4.29. The monoisotopic (exact) mass is 231 g/mol. The fourth-order valence-electron chi connectivity index (χ4n) is 1.25. The average molecular weight is 232 g/mol. The lowest BCUT2D eigenvalue weighted by molar-refractivity contribution is -0.387. The van der Waals surface area contributed by atoms with Crippen molar-refractivity contribution < 1.29 is 9.31 Å². The van der Waals surface area contributed by atoms with E-state index in [0.29, 0.717) is 5.56 Å². The van der Waals surface area contributed by atoms with Gasteiger partial charge in [0, 0.05) is 11.1 Å². The molecule has 0 unspecified atom stereocenters. The first kappa shape index (κ1) is 11.9. The van der Waals surface area contributed by atoms with Gasteiger partial charge < -0.3 is 0 Å². The number of nitrogens with zero attached hydrogens (tertiary/aromatic N) is 1. The Labute approximate surface area is 92.0 Å². The summed E-state index contributed by atoms with van der Waals surface area (Å²) in [5.41, 5.74) is -0.322. The topological polar surface area (TPSA) is 43.1 Å². The van der Waals surface area contributed by atoms with Crippen LogP contribution in [0.4, 0.5) is 10.1 Å². The minimum absolute atomic E-state index is 0.214. The Hall–Kier alpha value is -1.16. The predicted octanol–water partition coefficient (Wildman–Crippen LogP) is 3.68. The third-order valence-corrected chi connectivity index (χ3v) is 2.35. The Bertz CT molecular complexity index is 413. The van der Waals surface area contributed by atoms with Crippen molar-refractivity contribution in [3.05, 3.63) is 38.7 Å². The zero-order chi connectivity index (χ0) is 11.8. The number of halogens is 2. The third-order valence-electron chi connectivity index (χ3n) is 2.04. The summed E-state index contributed by atoms with van der Waals surface area (Å²) in [5, 5.41) is 10.7. The molecule has 0 heterocycles. The molecule has 3 nitrogen and oxygen atoms in total. The van der Waals surface area contributed by atoms with Gasteiger partial charge >= 0.3 is 5.69 Å². The van der Waals surface area contributed by atoms with Gasteiger partial charge in [0.1, 0.15) is 0 Å². The fraction of sp³-hybridized carbons (Fsp3) is 0.400. The minimum Gasteiger partial charge on any atom is -0.258 e. The quantitative estimate of drug-likeness (QED) is 0.547. The van der Waals surface area contributed by atoms with Gasteiger partial charge in [0.15, 0.2) is 0 Å². The summed E-state index contributed by atoms with van der Waals surface area (Å²) in [7, 11) is 0. The molecule has 82 valence electrons. The van der Waals surface area contributed by atoms with Crippen LogP contribution < -0.4 is 0 Å². The summed E-state index contributed by atoms with van der Waals surface area (Å²) >= 11 is 5.83. The Morgan fingerprint density at radius 3 is 2.33 bits per heavy atom. The van der Waals surface area contributed by atoms with E-state index in [1.807, 2.05) is 20.8 Å². The molecular weight excluding hydrogens is 221 g/mol. The smallest absolute Gasteiger partial charge is 0.258 e. The molecule has 0 saturated carbocycles. The molecule has 1 aromatic rings. The minimum atomic E-state index is -0.905. The van der Waals surface area contributed by atoms with Crippen molar-refractivity contribution in [3.63, 3.8) is 0 Å². The summed E-state index contributed by atoms with van der Waals surface area (Å²) in [6.07, 6.45) is 0. The summed E-state index contributed by atoms with van der Waals surface area (Å²) < 4.78 is 13.1. The second-order valence-corrected chi connectivity index (χ2v) is 4.70. The highest BCUT2D eigenvalue weighted by molar-refractivity contribution is 6.31. The molecular formula is C10H11ClFNO2. The maximum Gasteiger partial charge on any atom is 0.305 e. The van der Waals surface area contributed by atoms with E-state index in [-0.39, 0.29) is 10.4 Å². The Morgan fingerprint density at radius 1 is 1.40 bits per heavy atom. The van der Waals surface area contributed by atoms with Gasteiger partial charge in [0.2, 0.25) is 5.82 Å². The van der Waals surface area contributed by atoms with Crippen LogP contribution in [0, 0.1) is 15.9 Å². The van der Waals surface area contributed by atoms with Crippen LogP contribution in [0.2, 0.25) is 5.02 Å². The molecule has 0 N–H and O–H groups in total. The normalized spacial score (nSPS) is 11.5. The van der Waals surface area contributed by atoms with E-state index in [0.717, 1.165) is 6.07 Å². The number of nitro groups is 1. The number of benzene rings is 1. The molecule has 0 radical (unpaired) electrons. The highest BCUT2D eigenvalue weighted by atomic mass is 35.5. The second kappa shape index (κ2) is 3.77. The number of rotatable bonds is 1. The number of hydrogen-bond donors (Lipinski definition) is 0. The molecule has 0 fully saturated rings. The molecule has 0 bridgehead atoms. The molecule has 5 heteroatoms. The van der Waals surface area contributed by atoms with Crippen LogP contribution in [0.1, 0.15) is 26.3 Å². The van der Waals surface area contributed by atoms with Crippen LogP contribution >= 0.6 is 11.6 Å². The molecule has 0 amide bonds. The van der Waals surface area contributed by atoms with E-state index in [2.05, 4.69) is 0 Å². The maximum absolute atomic E-state index is 13.1. The Kier molecular flexibility index (Phi) is 3.00. The Balaban J connectivity index is 3.43. The first-order valence-electron chi connectivity index (χ1n) is 4.37. The lowest BCUT2D eigenvalue weighted by atomic mass is 9.87. The first-order valence-corrected chi connectivity index (χ1v) is 4.75. The summed E-state index contributed by atoms with van der Waals surface area (Å²) in [4.78, 5) is 9.79. The van der Waals surface area contributed by atoms with Crippen LogP contribution in [0.3, 0.4) is 0 Å². The Morgan fingerprint density at radius 2 is 1.93 bits per heavy atom. The average Bonchev–Trinajstić information content (AvgIpc) is 2.00. The molecule has 1 aromatic carbocycles. The standard InChI is InChI=1S/C10H11ClFNO2/c1-10(2,3)6-4-9(13(14)15)8(12)5-7(6)11/h4-5H,1-3H3. The molecule has 0 atom stereocenters. The summed E-state index contributed by atoms with van der Waals surface area (Å²) in [5.74, 6) is -0.905. The van der Waals surface area contributed by atoms with E-state index in [4.69, 9.17) is 11.6 Å². The highest BCUT2D eigenvalue weighted by Gasteiger charge is 2.24. The van der Waals surface area contributed by atoms with E-state index in [1.165, 1.54) is 6.07 Å². The van der Waals surface area contributed by atoms with Gasteiger partial charge in [-0.05, 0) is 17.0 Å². The van der Waals surface area contributed by atoms with Gasteiger partial charge in [0.05, 0.1) is 4.92 Å². The number of nitro benzene ring substituents is 1. The zero-order valence-electron chi connectivity index (χ0n) is 8.67. The molecule has 0 aliphatic carbocycles. The summed E-state index contributed by atoms with van der Waals surface area (Å²) in [6, 6.07) is 2.18. The fourth-order valence-corrected chi connectivity index (χ4v) is 1.69. The van der Waals surface area contributed by atoms with E-state index < -0.39 is 16.4 Å². The van der Waals surface area contributed by atoms with E-state index >= 15 is 0 Å². The molecule has 0 aromatic heterocycles. The van der Waals surface area contributed by atoms with Crippen LogP contribution in [0.5, 0.6) is 0 Å². The predicted molar refractivity (Wildman–Crippen MR) is 56.8 cm³/mol. The van der Waals surface area contributed by atoms with Crippen molar-refractivity contribution in [1.82, 2.24) is 0 Å². The van der Waals surface area contributed by atoms with Crippen molar-refractivity contribution in [3.8, 4) is 0 Å². The van der Waals surface area contributed by atoms with Crippen molar-refractivity contribution in [1.29, 1.82) is 0 Å². The van der Waals surface area contributed by atoms with Crippen LogP contribution in [0.25, 0.3) is 0 Å². The molecule has 0 aliphatic rings. The van der Waals surface area contributed by atoms with Gasteiger partial charge in [0.25, 0.3) is 0 Å². The molecule has 15 heavy (non-hydrogen) atoms. The maximum atomic E-state index is 13.1. The van der Waals surface area contributed by atoms with Gasteiger partial charge in [-0.1, -0.05) is 32.4 Å². The van der Waals surface area contributed by atoms with Gasteiger partial charge in [-0.15, -0.1) is 0 Å². The molecule has 0 spiro atoms. The van der Waals surface area contributed by atoms with E-state index in [1.54, 1.807) is 0 Å². The van der Waals surface area contributed by atoms with Gasteiger partial charge in [-0.2, -0.15) is 4.39 Å². The molecule has 0 saturated heterocycles. The van der Waals surface area contributed by atoms with Crippen LogP contribution in [-0.4, -0.2) is 4.92 Å². The largest absolute Gasteiger partial charge is 0.305 e. The van der Waals surface area contributed by atoms with Crippen molar-refractivity contribution >= 4 is 17.3 Å². The first-order chi connectivity index (χ1) is 6.73. The van der Waals surface area contributed by atoms with E-state index in [9.17, 15) is 14.5 Å². The highest BCUT2D eigenvalue weighted by Crippen LogP contribution is 2.33. The van der Waals surface area contributed by atoms with Crippen molar-refractivity contribution in [2.75, 3.05) is 0 Å². The molecule has 0 aliphatic heterocycles. The SMILES string of the molecule is CC(C)(C)c1cc([N+](=O)[O-])c(F)cc1Cl. The van der Waals surface area contributed by atoms with Crippen LogP contribution in [-0.2, 0) is 5.41 Å². The lowest BCUT2D eigenvalue weighted by Crippen LogP contribution is -2.12. The number of hydrogen-bond acceptors (Lipinski definition) is 2.